The summed E-state index contributed by atoms with van der Waals surface area (Å²) in [5, 5.41) is 0. The Hall–Kier alpha value is 2.35. The molecule has 0 unspecified atom stereocenters. The van der Waals surface area contributed by atoms with Crippen LogP contribution in [0, 0.1) is 0 Å². The smallest absolute Gasteiger partial charge is 0 e. The molecular weight excluding hydrogens is 181 g/mol. The third-order valence-corrected chi connectivity index (χ3v) is 0. The molecule has 0 spiro atoms. The van der Waals surface area contributed by atoms with Gasteiger partial charge < -0.3 is 0 Å². The Labute approximate surface area is 73.9 Å². The molecule has 0 amide bonds. The Kier molecular flexibility index (Phi) is 151. The van der Waals surface area contributed by atoms with Crippen LogP contribution in [0.4, 0.5) is 0 Å². The van der Waals surface area contributed by atoms with Crippen LogP contribution in [0.2, 0.25) is 0 Å². The number of rotatable bonds is 0. The van der Waals surface area contributed by atoms with Gasteiger partial charge in [0.1, 0.15) is 0 Å². The molecule has 0 aromatic rings. The van der Waals surface area contributed by atoms with Crippen molar-refractivity contribution in [1.82, 2.24) is 0 Å². The van der Waals surface area contributed by atoms with E-state index < -0.39 is 0 Å². The van der Waals surface area contributed by atoms with Crippen molar-refractivity contribution < 1.29 is 57.3 Å². The normalized spacial score (nSPS) is 0. The van der Waals surface area contributed by atoms with E-state index in [1.807, 2.05) is 0 Å². The molecule has 0 aromatic carbocycles. The minimum absolute atomic E-state index is 0. The van der Waals surface area contributed by atoms with Gasteiger partial charge >= 0.3 is 0 Å². The van der Waals surface area contributed by atoms with Crippen LogP contribution in [0.5, 0.6) is 0 Å². The first-order valence-electron chi connectivity index (χ1n) is 0. The van der Waals surface area contributed by atoms with Crippen LogP contribution in [0.25, 0.3) is 0 Å². The summed E-state index contributed by atoms with van der Waals surface area (Å²) in [6.45, 7) is 0. The topological polar surface area (TPSA) is 0 Å². The zero-order valence-electron chi connectivity index (χ0n) is 1.33. The van der Waals surface area contributed by atoms with E-state index >= 15 is 0 Å². The van der Waals surface area contributed by atoms with E-state index in [2.05, 4.69) is 0 Å². The van der Waals surface area contributed by atoms with Crippen molar-refractivity contribution in [3.8, 4) is 0 Å². The molecule has 22 valence electrons. The van der Waals surface area contributed by atoms with Crippen LogP contribution in [0.3, 0.4) is 0 Å². The summed E-state index contributed by atoms with van der Waals surface area (Å²) in [5.41, 5.74) is 0. The number of hydrogen-bond acceptors (Lipinski definition) is 0. The minimum Gasteiger partial charge on any atom is 0 e. The Morgan fingerprint density at radius 1 is 1.00 bits per heavy atom. The monoisotopic (exact) mass is 184 g/mol. The van der Waals surface area contributed by atoms with Gasteiger partial charge in [-0.25, -0.2) is 0 Å². The second-order valence-electron chi connectivity index (χ2n) is 0. The van der Waals surface area contributed by atoms with Gasteiger partial charge in [-0.2, -0.15) is 0 Å². The summed E-state index contributed by atoms with van der Waals surface area (Å²) in [4.78, 5) is 0. The van der Waals surface area contributed by atoms with Crippen LogP contribution in [0.15, 0.2) is 0 Å². The summed E-state index contributed by atoms with van der Waals surface area (Å²) in [6.07, 6.45) is 0. The van der Waals surface area contributed by atoms with E-state index in [9.17, 15) is 0 Å². The predicted octanol–water partition coefficient (Wildman–Crippen LogP) is -1.19. The van der Waals surface area contributed by atoms with Crippen LogP contribution < -0.4 is 0 Å². The van der Waals surface area contributed by atoms with Crippen molar-refractivity contribution in [3.05, 3.63) is 0 Å². The fourth-order valence-corrected chi connectivity index (χ4v) is 0. The fourth-order valence-electron chi connectivity index (χ4n) is 0. The molecule has 0 bridgehead atoms. The van der Waals surface area contributed by atoms with E-state index in [1.54, 1.807) is 0 Å². The molecule has 0 rings (SSSR count). The van der Waals surface area contributed by atoms with Gasteiger partial charge in [0.25, 0.3) is 0 Å². The van der Waals surface area contributed by atoms with Gasteiger partial charge in [0.2, 0.25) is 0 Å². The molecular formula is H3AlMnTiV. The maximum atomic E-state index is 0. The molecule has 0 aliphatic carbocycles. The SMILES string of the molecule is [AlH3].[Mn].[Ti].[V]. The summed E-state index contributed by atoms with van der Waals surface area (Å²) < 4.78 is 0. The summed E-state index contributed by atoms with van der Waals surface area (Å²) in [6, 6.07) is 0. The Bertz CT molecular complexity index is 8.00. The Morgan fingerprint density at radius 2 is 1.00 bits per heavy atom. The molecule has 0 fully saturated rings. The van der Waals surface area contributed by atoms with Crippen LogP contribution in [-0.4, -0.2) is 17.4 Å². The third kappa shape index (κ3) is 8.84. The van der Waals surface area contributed by atoms with E-state index in [4.69, 9.17) is 0 Å². The van der Waals surface area contributed by atoms with Gasteiger partial charge in [-0.1, -0.05) is 0 Å². The van der Waals surface area contributed by atoms with Gasteiger partial charge in [-0.15, -0.1) is 0 Å². The summed E-state index contributed by atoms with van der Waals surface area (Å²) >= 11 is 0. The van der Waals surface area contributed by atoms with Crippen molar-refractivity contribution >= 4 is 17.4 Å². The fraction of sp³-hybridized carbons (Fsp3) is 0. The molecule has 0 aromatic heterocycles. The first-order valence-corrected chi connectivity index (χ1v) is 0. The molecule has 0 atom stereocenters. The van der Waals surface area contributed by atoms with Crippen molar-refractivity contribution in [2.24, 2.45) is 0 Å². The summed E-state index contributed by atoms with van der Waals surface area (Å²) in [7, 11) is 0. The zero-order valence-corrected chi connectivity index (χ0v) is 5.46. The van der Waals surface area contributed by atoms with Crippen molar-refractivity contribution in [2.75, 3.05) is 0 Å². The molecule has 4 heavy (non-hydrogen) atoms. The maximum Gasteiger partial charge on any atom is 0.187 e. The van der Waals surface area contributed by atoms with Crippen LogP contribution in [-0.2, 0) is 57.3 Å². The van der Waals surface area contributed by atoms with Gasteiger partial charge in [0.05, 0.1) is 0 Å². The van der Waals surface area contributed by atoms with Crippen molar-refractivity contribution in [2.45, 2.75) is 0 Å². The van der Waals surface area contributed by atoms with Gasteiger partial charge in [-0.3, -0.25) is 0 Å². The van der Waals surface area contributed by atoms with Crippen molar-refractivity contribution in [1.29, 1.82) is 0 Å². The zero-order chi connectivity index (χ0) is 0. The van der Waals surface area contributed by atoms with E-state index in [0.717, 1.165) is 0 Å². The molecule has 2 radical (unpaired) electrons. The predicted molar refractivity (Wildman–Crippen MR) is 9.94 cm³/mol. The van der Waals surface area contributed by atoms with Crippen molar-refractivity contribution in [3.63, 3.8) is 0 Å². The molecule has 0 heterocycles. The van der Waals surface area contributed by atoms with Gasteiger partial charge in [0.15, 0.2) is 17.4 Å². The summed E-state index contributed by atoms with van der Waals surface area (Å²) in [5.74, 6) is 0. The maximum absolute atomic E-state index is 0. The second kappa shape index (κ2) is 18.3. The van der Waals surface area contributed by atoms with E-state index in [-0.39, 0.29) is 74.7 Å². The Morgan fingerprint density at radius 3 is 1.00 bits per heavy atom. The van der Waals surface area contributed by atoms with E-state index in [0.29, 0.717) is 0 Å². The quantitative estimate of drug-likeness (QED) is 0.415. The standard InChI is InChI=1S/Al.Mn.Ti.V.3H. The second-order valence-corrected chi connectivity index (χ2v) is 0. The molecule has 0 saturated carbocycles. The molecule has 4 heteroatoms. The Balaban J connectivity index is 0. The number of hydrogen-bond donors (Lipinski definition) is 0. The van der Waals surface area contributed by atoms with E-state index in [1.165, 1.54) is 0 Å². The van der Waals surface area contributed by atoms with Crippen LogP contribution >= 0.6 is 0 Å². The minimum atomic E-state index is 0. The first-order chi connectivity index (χ1) is 0. The molecule has 0 nitrogen and oxygen atoms in total. The first kappa shape index (κ1) is 32.9. The molecule has 0 aliphatic rings. The van der Waals surface area contributed by atoms with Crippen LogP contribution in [0.1, 0.15) is 0 Å². The molecule has 0 saturated heterocycles. The van der Waals surface area contributed by atoms with Gasteiger partial charge in [-0.05, 0) is 0 Å². The molecule has 0 N–H and O–H groups in total. The average Bonchev–Trinajstić information content (AvgIpc) is 0. The largest absolute Gasteiger partial charge is 0.187 e. The van der Waals surface area contributed by atoms with Gasteiger partial charge in [0, 0.05) is 57.3 Å². The third-order valence-electron chi connectivity index (χ3n) is 0. The molecule has 0 aliphatic heterocycles. The average molecular weight is 184 g/mol.